The Hall–Kier alpha value is -3.07. The summed E-state index contributed by atoms with van der Waals surface area (Å²) in [5.74, 6) is 2.84. The lowest BCUT2D eigenvalue weighted by atomic mass is 10.2. The minimum absolute atomic E-state index is 0.425. The van der Waals surface area contributed by atoms with E-state index in [0.29, 0.717) is 45.0 Å². The van der Waals surface area contributed by atoms with Gasteiger partial charge in [0.15, 0.2) is 11.0 Å². The van der Waals surface area contributed by atoms with Crippen molar-refractivity contribution in [3.05, 3.63) is 88.6 Å². The molecule has 0 atom stereocenters. The zero-order chi connectivity index (χ0) is 21.9. The first kappa shape index (κ1) is 20.8. The van der Waals surface area contributed by atoms with Crippen LogP contribution in [0.3, 0.4) is 0 Å². The van der Waals surface area contributed by atoms with Gasteiger partial charge in [0.05, 0.1) is 23.6 Å². The van der Waals surface area contributed by atoms with Crippen molar-refractivity contribution in [3.63, 3.8) is 0 Å². The van der Waals surface area contributed by atoms with Gasteiger partial charge in [-0.1, -0.05) is 52.3 Å². The molecule has 32 heavy (non-hydrogen) atoms. The predicted molar refractivity (Wildman–Crippen MR) is 123 cm³/mol. The summed E-state index contributed by atoms with van der Waals surface area (Å²) < 4.78 is 12.9. The van der Waals surface area contributed by atoms with Gasteiger partial charge in [0.25, 0.3) is 0 Å². The molecule has 0 bridgehead atoms. The Labute approximate surface area is 197 Å². The average molecular weight is 484 g/mol. The number of aromatic nitrogens is 5. The van der Waals surface area contributed by atoms with Gasteiger partial charge in [-0.2, -0.15) is 4.98 Å². The lowest BCUT2D eigenvalue weighted by molar-refractivity contribution is 0.391. The van der Waals surface area contributed by atoms with Crippen LogP contribution >= 0.6 is 35.0 Å². The molecule has 0 amide bonds. The van der Waals surface area contributed by atoms with Crippen LogP contribution < -0.4 is 0 Å². The van der Waals surface area contributed by atoms with E-state index in [1.165, 1.54) is 11.8 Å². The first-order valence-electron chi connectivity index (χ1n) is 9.59. The highest BCUT2D eigenvalue weighted by Gasteiger charge is 2.18. The highest BCUT2D eigenvalue weighted by atomic mass is 35.5. The van der Waals surface area contributed by atoms with Gasteiger partial charge in [-0.3, -0.25) is 4.57 Å². The van der Waals surface area contributed by atoms with Gasteiger partial charge in [-0.25, -0.2) is 0 Å². The molecule has 0 aliphatic carbocycles. The van der Waals surface area contributed by atoms with Crippen LogP contribution in [0.25, 0.3) is 22.8 Å². The average Bonchev–Trinajstić information content (AvgIpc) is 3.56. The first-order chi connectivity index (χ1) is 15.7. The number of hydrogen-bond donors (Lipinski definition) is 0. The van der Waals surface area contributed by atoms with Gasteiger partial charge in [-0.05, 0) is 48.5 Å². The molecule has 10 heteroatoms. The Morgan fingerprint density at radius 3 is 2.56 bits per heavy atom. The quantitative estimate of drug-likeness (QED) is 0.253. The standard InChI is InChI=1S/C22H15Cl2N5O2S/c23-15-9-7-14(8-10-15)21-26-27-22(29(21)12-16-4-3-11-30-16)32-13-19-25-20(28-31-19)17-5-1-2-6-18(17)24/h1-11H,12-13H2. The van der Waals surface area contributed by atoms with Gasteiger partial charge >= 0.3 is 0 Å². The fourth-order valence-electron chi connectivity index (χ4n) is 3.10. The van der Waals surface area contributed by atoms with Crippen molar-refractivity contribution in [1.82, 2.24) is 24.9 Å². The zero-order valence-corrected chi connectivity index (χ0v) is 18.8. The summed E-state index contributed by atoms with van der Waals surface area (Å²) in [5.41, 5.74) is 1.62. The van der Waals surface area contributed by atoms with Crippen molar-refractivity contribution in [2.24, 2.45) is 0 Å². The van der Waals surface area contributed by atoms with Crippen LogP contribution in [0.1, 0.15) is 11.7 Å². The van der Waals surface area contributed by atoms with Crippen molar-refractivity contribution in [3.8, 4) is 22.8 Å². The molecule has 0 unspecified atom stereocenters. The second-order valence-electron chi connectivity index (χ2n) is 6.76. The monoisotopic (exact) mass is 483 g/mol. The predicted octanol–water partition coefficient (Wildman–Crippen LogP) is 6.24. The SMILES string of the molecule is Clc1ccc(-c2nnc(SCc3nc(-c4ccccc4Cl)no3)n2Cc2ccco2)cc1. The van der Waals surface area contributed by atoms with Crippen molar-refractivity contribution < 1.29 is 8.94 Å². The first-order valence-corrected chi connectivity index (χ1v) is 11.3. The van der Waals surface area contributed by atoms with Crippen molar-refractivity contribution >= 4 is 35.0 Å². The molecule has 3 aromatic heterocycles. The van der Waals surface area contributed by atoms with Crippen LogP contribution in [-0.4, -0.2) is 24.9 Å². The number of nitrogens with zero attached hydrogens (tertiary/aromatic N) is 5. The molecular weight excluding hydrogens is 469 g/mol. The molecule has 0 aliphatic rings. The summed E-state index contributed by atoms with van der Waals surface area (Å²) in [4.78, 5) is 4.46. The molecule has 0 saturated carbocycles. The van der Waals surface area contributed by atoms with Crippen LogP contribution in [-0.2, 0) is 12.3 Å². The molecule has 0 saturated heterocycles. The largest absolute Gasteiger partial charge is 0.467 e. The maximum Gasteiger partial charge on any atom is 0.237 e. The fourth-order valence-corrected chi connectivity index (χ4v) is 4.22. The highest BCUT2D eigenvalue weighted by Crippen LogP contribution is 2.29. The Bertz CT molecular complexity index is 1330. The van der Waals surface area contributed by atoms with Gasteiger partial charge < -0.3 is 8.94 Å². The van der Waals surface area contributed by atoms with Crippen molar-refractivity contribution in [1.29, 1.82) is 0 Å². The summed E-state index contributed by atoms with van der Waals surface area (Å²) in [6.07, 6.45) is 1.64. The third-order valence-corrected chi connectivity index (χ3v) is 6.15. The zero-order valence-electron chi connectivity index (χ0n) is 16.5. The molecule has 160 valence electrons. The molecule has 0 spiro atoms. The third kappa shape index (κ3) is 4.43. The number of hydrogen-bond acceptors (Lipinski definition) is 7. The smallest absolute Gasteiger partial charge is 0.237 e. The lowest BCUT2D eigenvalue weighted by Gasteiger charge is -2.08. The highest BCUT2D eigenvalue weighted by molar-refractivity contribution is 7.98. The van der Waals surface area contributed by atoms with E-state index in [0.717, 1.165) is 16.9 Å². The number of thioether (sulfide) groups is 1. The van der Waals surface area contributed by atoms with Gasteiger partial charge in [0.2, 0.25) is 11.7 Å². The molecule has 0 fully saturated rings. The second kappa shape index (κ2) is 9.20. The topological polar surface area (TPSA) is 82.8 Å². The second-order valence-corrected chi connectivity index (χ2v) is 8.54. The van der Waals surface area contributed by atoms with Crippen LogP contribution in [0, 0.1) is 0 Å². The lowest BCUT2D eigenvalue weighted by Crippen LogP contribution is -2.03. The summed E-state index contributed by atoms with van der Waals surface area (Å²) in [5, 5.41) is 14.8. The van der Waals surface area contributed by atoms with Crippen LogP contribution in [0.4, 0.5) is 0 Å². The molecule has 5 rings (SSSR count). The maximum atomic E-state index is 6.23. The minimum atomic E-state index is 0.425. The van der Waals surface area contributed by atoms with E-state index in [1.54, 1.807) is 12.3 Å². The van der Waals surface area contributed by atoms with Crippen LogP contribution in [0.5, 0.6) is 0 Å². The Kier molecular flexibility index (Phi) is 5.98. The van der Waals surface area contributed by atoms with E-state index in [9.17, 15) is 0 Å². The molecule has 0 aliphatic heterocycles. The van der Waals surface area contributed by atoms with Crippen LogP contribution in [0.2, 0.25) is 10.0 Å². The Morgan fingerprint density at radius 1 is 0.938 bits per heavy atom. The van der Waals surface area contributed by atoms with E-state index >= 15 is 0 Å². The Morgan fingerprint density at radius 2 is 1.78 bits per heavy atom. The van der Waals surface area contributed by atoms with E-state index in [-0.39, 0.29) is 0 Å². The number of rotatable bonds is 7. The normalized spacial score (nSPS) is 11.2. The molecule has 2 aromatic carbocycles. The number of benzene rings is 2. The summed E-state index contributed by atoms with van der Waals surface area (Å²) in [6.45, 7) is 0.481. The summed E-state index contributed by atoms with van der Waals surface area (Å²) >= 11 is 13.7. The summed E-state index contributed by atoms with van der Waals surface area (Å²) in [7, 11) is 0. The van der Waals surface area contributed by atoms with Crippen LogP contribution in [0.15, 0.2) is 81.0 Å². The molecule has 0 radical (unpaired) electrons. The molecule has 0 N–H and O–H groups in total. The van der Waals surface area contributed by atoms with Crippen molar-refractivity contribution in [2.45, 2.75) is 17.5 Å². The minimum Gasteiger partial charge on any atom is -0.467 e. The number of furan rings is 1. The number of halogens is 2. The molecule has 7 nitrogen and oxygen atoms in total. The van der Waals surface area contributed by atoms with Crippen molar-refractivity contribution in [2.75, 3.05) is 0 Å². The van der Waals surface area contributed by atoms with Gasteiger partial charge in [0, 0.05) is 16.1 Å². The molecule has 3 heterocycles. The fraction of sp³-hybridized carbons (Fsp3) is 0.0909. The molecular formula is C22H15Cl2N5O2S. The summed E-state index contributed by atoms with van der Waals surface area (Å²) in [6, 6.07) is 18.6. The third-order valence-electron chi connectivity index (χ3n) is 4.62. The van der Waals surface area contributed by atoms with Gasteiger partial charge in [-0.15, -0.1) is 10.2 Å². The Balaban J connectivity index is 1.40. The maximum absolute atomic E-state index is 6.23. The van der Waals surface area contributed by atoms with E-state index in [1.807, 2.05) is 59.2 Å². The van der Waals surface area contributed by atoms with Gasteiger partial charge in [0.1, 0.15) is 5.76 Å². The van der Waals surface area contributed by atoms with E-state index < -0.39 is 0 Å². The van der Waals surface area contributed by atoms with E-state index in [2.05, 4.69) is 20.3 Å². The molecule has 5 aromatic rings. The van der Waals surface area contributed by atoms with E-state index in [4.69, 9.17) is 32.1 Å².